The second-order valence-electron chi connectivity index (χ2n) is 3.36. The number of hydrogen-bond acceptors (Lipinski definition) is 1. The van der Waals surface area contributed by atoms with E-state index in [0.29, 0.717) is 5.92 Å². The molecule has 0 aromatic heterocycles. The maximum atomic E-state index is 11.2. The number of carbonyl (C=O) groups is 1. The average Bonchev–Trinajstić information content (AvgIpc) is 2.53. The Morgan fingerprint density at radius 2 is 2.33 bits per heavy atom. The minimum Gasteiger partial charge on any atom is -0.368 e. The lowest BCUT2D eigenvalue weighted by molar-refractivity contribution is -0.121. The van der Waals surface area contributed by atoms with Crippen LogP contribution in [0.2, 0.25) is 0 Å². The van der Waals surface area contributed by atoms with Crippen LogP contribution in [0.5, 0.6) is 0 Å². The second-order valence-corrected chi connectivity index (χ2v) is 3.36. The Morgan fingerprint density at radius 3 is 2.92 bits per heavy atom. The van der Waals surface area contributed by atoms with Crippen molar-refractivity contribution in [1.82, 2.24) is 0 Å². The fraction of sp³-hybridized carbons (Fsp3) is 0.300. The predicted molar refractivity (Wildman–Crippen MR) is 47.2 cm³/mol. The van der Waals surface area contributed by atoms with Crippen LogP contribution in [0.3, 0.4) is 0 Å². The summed E-state index contributed by atoms with van der Waals surface area (Å²) in [5, 5.41) is 0. The van der Waals surface area contributed by atoms with Gasteiger partial charge in [0.15, 0.2) is 0 Å². The third-order valence-electron chi connectivity index (χ3n) is 2.66. The van der Waals surface area contributed by atoms with Gasteiger partial charge < -0.3 is 5.73 Å². The van der Waals surface area contributed by atoms with Crippen molar-refractivity contribution in [3.05, 3.63) is 36.0 Å². The zero-order valence-corrected chi connectivity index (χ0v) is 6.95. The summed E-state index contributed by atoms with van der Waals surface area (Å²) in [6, 6.07) is 0. The Hall–Kier alpha value is -1.31. The molecule has 0 spiro atoms. The second kappa shape index (κ2) is 2.09. The van der Waals surface area contributed by atoms with Gasteiger partial charge in [0.2, 0.25) is 5.91 Å². The monoisotopic (exact) mass is 161 g/mol. The number of rotatable bonds is 1. The highest BCUT2D eigenvalue weighted by molar-refractivity contribution is 5.91. The summed E-state index contributed by atoms with van der Waals surface area (Å²) in [4.78, 5) is 11.2. The van der Waals surface area contributed by atoms with Crippen molar-refractivity contribution >= 4 is 5.91 Å². The topological polar surface area (TPSA) is 43.1 Å². The fourth-order valence-corrected chi connectivity index (χ4v) is 1.92. The van der Waals surface area contributed by atoms with E-state index in [1.807, 2.05) is 30.4 Å². The van der Waals surface area contributed by atoms with Gasteiger partial charge in [0.05, 0.1) is 0 Å². The van der Waals surface area contributed by atoms with Gasteiger partial charge in [-0.15, -0.1) is 0 Å². The number of allylic oxidation sites excluding steroid dienone is 3. The van der Waals surface area contributed by atoms with Gasteiger partial charge in [0.1, 0.15) is 5.41 Å². The van der Waals surface area contributed by atoms with Gasteiger partial charge in [-0.25, -0.2) is 0 Å². The molecule has 0 aliphatic heterocycles. The standard InChI is InChI=1S/C10H11NO/c1-7-4-6-10(9(11)12)5-2-3-8(7)10/h2-7H,1H3,(H2,11,12). The maximum absolute atomic E-state index is 11.2. The van der Waals surface area contributed by atoms with E-state index in [1.165, 1.54) is 0 Å². The van der Waals surface area contributed by atoms with Gasteiger partial charge in [-0.05, 0) is 11.5 Å². The number of nitrogens with two attached hydrogens (primary N) is 1. The van der Waals surface area contributed by atoms with Crippen LogP contribution in [0, 0.1) is 11.3 Å². The van der Waals surface area contributed by atoms with E-state index in [0.717, 1.165) is 5.57 Å². The zero-order chi connectivity index (χ0) is 8.77. The van der Waals surface area contributed by atoms with Gasteiger partial charge in [0, 0.05) is 0 Å². The lowest BCUT2D eigenvalue weighted by Gasteiger charge is -2.20. The van der Waals surface area contributed by atoms with E-state index in [9.17, 15) is 4.79 Å². The average molecular weight is 161 g/mol. The number of fused-ring (bicyclic) bond motifs is 1. The molecule has 2 atom stereocenters. The summed E-state index contributed by atoms with van der Waals surface area (Å²) in [6.07, 6.45) is 9.68. The molecule has 0 fully saturated rings. The molecule has 2 unspecified atom stereocenters. The molecule has 2 nitrogen and oxygen atoms in total. The first-order chi connectivity index (χ1) is 5.67. The van der Waals surface area contributed by atoms with Crippen molar-refractivity contribution in [2.45, 2.75) is 6.92 Å². The van der Waals surface area contributed by atoms with Gasteiger partial charge in [0.25, 0.3) is 0 Å². The lowest BCUT2D eigenvalue weighted by atomic mass is 9.83. The van der Waals surface area contributed by atoms with E-state index < -0.39 is 5.41 Å². The molecule has 1 amide bonds. The van der Waals surface area contributed by atoms with Gasteiger partial charge in [-0.1, -0.05) is 37.3 Å². The number of amides is 1. The summed E-state index contributed by atoms with van der Waals surface area (Å²) in [5.41, 5.74) is 5.88. The molecule has 0 aromatic rings. The van der Waals surface area contributed by atoms with E-state index in [4.69, 9.17) is 5.73 Å². The molecule has 2 aliphatic carbocycles. The molecule has 0 saturated heterocycles. The van der Waals surface area contributed by atoms with Crippen LogP contribution in [-0.2, 0) is 4.79 Å². The number of carbonyl (C=O) groups excluding carboxylic acids is 1. The molecule has 2 heteroatoms. The van der Waals surface area contributed by atoms with Gasteiger partial charge in [-0.3, -0.25) is 4.79 Å². The van der Waals surface area contributed by atoms with Crippen molar-refractivity contribution in [3.8, 4) is 0 Å². The first kappa shape index (κ1) is 7.35. The molecule has 2 rings (SSSR count). The van der Waals surface area contributed by atoms with Crippen LogP contribution in [0.15, 0.2) is 36.0 Å². The molecule has 2 N–H and O–H groups in total. The maximum Gasteiger partial charge on any atom is 0.235 e. The van der Waals surface area contributed by atoms with Crippen molar-refractivity contribution in [2.24, 2.45) is 17.1 Å². The molecule has 2 aliphatic rings. The van der Waals surface area contributed by atoms with Gasteiger partial charge >= 0.3 is 0 Å². The highest BCUT2D eigenvalue weighted by atomic mass is 16.1. The third kappa shape index (κ3) is 0.670. The molecule has 0 heterocycles. The SMILES string of the molecule is CC1C=CC2(C(N)=O)C=CC=C12. The lowest BCUT2D eigenvalue weighted by Crippen LogP contribution is -2.33. The van der Waals surface area contributed by atoms with E-state index >= 15 is 0 Å². The number of primary amides is 1. The Balaban J connectivity index is 2.51. The quantitative estimate of drug-likeness (QED) is 0.576. The first-order valence-corrected chi connectivity index (χ1v) is 4.06. The molecule has 62 valence electrons. The first-order valence-electron chi connectivity index (χ1n) is 4.06. The van der Waals surface area contributed by atoms with Crippen LogP contribution in [-0.4, -0.2) is 5.91 Å². The highest BCUT2D eigenvalue weighted by Gasteiger charge is 2.42. The molecular formula is C10H11NO. The Kier molecular flexibility index (Phi) is 1.28. The molecule has 0 aromatic carbocycles. The minimum atomic E-state index is -0.584. The van der Waals surface area contributed by atoms with Crippen LogP contribution in [0.25, 0.3) is 0 Å². The zero-order valence-electron chi connectivity index (χ0n) is 6.95. The summed E-state index contributed by atoms with van der Waals surface area (Å²) < 4.78 is 0. The van der Waals surface area contributed by atoms with E-state index in [2.05, 4.69) is 6.92 Å². The third-order valence-corrected chi connectivity index (χ3v) is 2.66. The Morgan fingerprint density at radius 1 is 1.58 bits per heavy atom. The summed E-state index contributed by atoms with van der Waals surface area (Å²) in [5.74, 6) is 0.0654. The molecule has 0 bridgehead atoms. The fourth-order valence-electron chi connectivity index (χ4n) is 1.92. The summed E-state index contributed by atoms with van der Waals surface area (Å²) in [6.45, 7) is 2.07. The Labute approximate surface area is 71.4 Å². The van der Waals surface area contributed by atoms with E-state index in [-0.39, 0.29) is 5.91 Å². The molecule has 0 saturated carbocycles. The van der Waals surface area contributed by atoms with Crippen molar-refractivity contribution in [3.63, 3.8) is 0 Å². The Bertz CT molecular complexity index is 325. The largest absolute Gasteiger partial charge is 0.368 e. The van der Waals surface area contributed by atoms with Crippen molar-refractivity contribution in [1.29, 1.82) is 0 Å². The van der Waals surface area contributed by atoms with Crippen molar-refractivity contribution in [2.75, 3.05) is 0 Å². The smallest absolute Gasteiger partial charge is 0.235 e. The van der Waals surface area contributed by atoms with Crippen molar-refractivity contribution < 1.29 is 4.79 Å². The predicted octanol–water partition coefficient (Wildman–Crippen LogP) is 1.16. The van der Waals surface area contributed by atoms with E-state index in [1.54, 1.807) is 0 Å². The van der Waals surface area contributed by atoms with Crippen LogP contribution in [0.1, 0.15) is 6.92 Å². The van der Waals surface area contributed by atoms with Crippen LogP contribution >= 0.6 is 0 Å². The van der Waals surface area contributed by atoms with Crippen LogP contribution < -0.4 is 5.73 Å². The summed E-state index contributed by atoms with van der Waals surface area (Å²) >= 11 is 0. The highest BCUT2D eigenvalue weighted by Crippen LogP contribution is 2.44. The molecule has 12 heavy (non-hydrogen) atoms. The van der Waals surface area contributed by atoms with Crippen LogP contribution in [0.4, 0.5) is 0 Å². The number of hydrogen-bond donors (Lipinski definition) is 1. The normalized spacial score (nSPS) is 36.8. The minimum absolute atomic E-state index is 0.275. The van der Waals surface area contributed by atoms with Gasteiger partial charge in [-0.2, -0.15) is 0 Å². The molecular weight excluding hydrogens is 150 g/mol. The molecule has 0 radical (unpaired) electrons. The summed E-state index contributed by atoms with van der Waals surface area (Å²) in [7, 11) is 0.